The minimum atomic E-state index is 0.631. The number of hydrogen-bond donors (Lipinski definition) is 0. The number of rotatable bonds is 7. The summed E-state index contributed by atoms with van der Waals surface area (Å²) in [5, 5.41) is 4.62. The van der Waals surface area contributed by atoms with Gasteiger partial charge in [0.1, 0.15) is 5.52 Å². The number of para-hydroxylation sites is 2. The Balaban J connectivity index is 1.05. The molecule has 0 unspecified atom stereocenters. The van der Waals surface area contributed by atoms with E-state index in [1.165, 1.54) is 27.4 Å². The first-order valence-electron chi connectivity index (χ1n) is 19.3. The maximum absolute atomic E-state index is 6.42. The fraction of sp³-hybridized carbons (Fsp3) is 0. The number of aromatic nitrogens is 2. The lowest BCUT2D eigenvalue weighted by molar-refractivity contribution is 0.623. The summed E-state index contributed by atoms with van der Waals surface area (Å²) in [7, 11) is 0. The Morgan fingerprint density at radius 2 is 0.982 bits per heavy atom. The molecule has 0 saturated heterocycles. The lowest BCUT2D eigenvalue weighted by Gasteiger charge is -2.26. The van der Waals surface area contributed by atoms with Crippen LogP contribution < -0.4 is 4.90 Å². The zero-order valence-electron chi connectivity index (χ0n) is 31.0. The van der Waals surface area contributed by atoms with Gasteiger partial charge in [-0.1, -0.05) is 133 Å². The van der Waals surface area contributed by atoms with E-state index in [4.69, 9.17) is 9.40 Å². The normalized spacial score (nSPS) is 11.5. The van der Waals surface area contributed by atoms with Gasteiger partial charge in [-0.15, -0.1) is 0 Å². The van der Waals surface area contributed by atoms with Gasteiger partial charge in [0, 0.05) is 44.5 Å². The van der Waals surface area contributed by atoms with Crippen LogP contribution in [0.3, 0.4) is 0 Å². The Labute approximate surface area is 330 Å². The van der Waals surface area contributed by atoms with Crippen LogP contribution in [0.25, 0.3) is 83.1 Å². The van der Waals surface area contributed by atoms with Crippen LogP contribution in [-0.2, 0) is 0 Å². The predicted molar refractivity (Wildman–Crippen MR) is 237 cm³/mol. The Hall–Kier alpha value is -7.69. The van der Waals surface area contributed by atoms with Crippen molar-refractivity contribution in [3.63, 3.8) is 0 Å². The number of benzene rings is 9. The average Bonchev–Trinajstić information content (AvgIpc) is 3.88. The van der Waals surface area contributed by atoms with Gasteiger partial charge >= 0.3 is 0 Å². The highest BCUT2D eigenvalue weighted by molar-refractivity contribution is 6.10. The molecule has 2 aromatic heterocycles. The van der Waals surface area contributed by atoms with Gasteiger partial charge in [0.05, 0.1) is 11.0 Å². The lowest BCUT2D eigenvalue weighted by Crippen LogP contribution is -2.10. The first kappa shape index (κ1) is 32.7. The summed E-state index contributed by atoms with van der Waals surface area (Å²) in [4.78, 5) is 7.20. The molecule has 0 aliphatic rings. The van der Waals surface area contributed by atoms with Crippen molar-refractivity contribution in [1.82, 2.24) is 9.55 Å². The van der Waals surface area contributed by atoms with E-state index in [0.717, 1.165) is 66.8 Å². The van der Waals surface area contributed by atoms with Crippen molar-refractivity contribution in [3.8, 4) is 39.4 Å². The molecule has 9 aromatic carbocycles. The third-order valence-electron chi connectivity index (χ3n) is 11.0. The standard InChI is InChI=1S/C53H35N3O/c1-4-13-36(14-5-1)40-17-12-20-44(33-40)55(45-30-31-47-46-21-10-11-22-50(46)56(51(47)35-45)42-18-8-3-9-19-42)43-28-25-37(26-29-43)41-24-23-38-27-32-49-52(48(38)34-41)57-53(54-49)39-15-6-2-7-16-39/h1-35H. The van der Waals surface area contributed by atoms with E-state index in [1.54, 1.807) is 0 Å². The molecule has 0 spiro atoms. The molecular weight excluding hydrogens is 695 g/mol. The molecule has 0 aliphatic heterocycles. The molecule has 0 radical (unpaired) electrons. The van der Waals surface area contributed by atoms with E-state index in [-0.39, 0.29) is 0 Å². The van der Waals surface area contributed by atoms with Crippen molar-refractivity contribution in [3.05, 3.63) is 212 Å². The molecule has 4 heteroatoms. The predicted octanol–water partition coefficient (Wildman–Crippen LogP) is 14.5. The summed E-state index contributed by atoms with van der Waals surface area (Å²) < 4.78 is 8.79. The maximum Gasteiger partial charge on any atom is 0.227 e. The van der Waals surface area contributed by atoms with E-state index in [1.807, 2.05) is 36.4 Å². The second-order valence-corrected chi connectivity index (χ2v) is 14.4. The minimum absolute atomic E-state index is 0.631. The van der Waals surface area contributed by atoms with Crippen LogP contribution in [0.2, 0.25) is 0 Å². The van der Waals surface area contributed by atoms with E-state index in [9.17, 15) is 0 Å². The molecule has 268 valence electrons. The summed E-state index contributed by atoms with van der Waals surface area (Å²) in [5.74, 6) is 0.631. The van der Waals surface area contributed by atoms with Crippen LogP contribution in [0.4, 0.5) is 17.1 Å². The first-order valence-corrected chi connectivity index (χ1v) is 19.3. The molecule has 11 rings (SSSR count). The molecule has 0 saturated carbocycles. The second-order valence-electron chi connectivity index (χ2n) is 14.4. The van der Waals surface area contributed by atoms with Crippen molar-refractivity contribution >= 4 is 60.7 Å². The Kier molecular flexibility index (Phi) is 7.78. The van der Waals surface area contributed by atoms with Crippen molar-refractivity contribution in [1.29, 1.82) is 0 Å². The van der Waals surface area contributed by atoms with E-state index in [0.29, 0.717) is 5.89 Å². The van der Waals surface area contributed by atoms with Crippen molar-refractivity contribution < 1.29 is 4.42 Å². The third kappa shape index (κ3) is 5.74. The van der Waals surface area contributed by atoms with Gasteiger partial charge in [-0.05, 0) is 107 Å². The fourth-order valence-electron chi connectivity index (χ4n) is 8.25. The number of oxazole rings is 1. The number of anilines is 3. The lowest BCUT2D eigenvalue weighted by atomic mass is 10.00. The highest BCUT2D eigenvalue weighted by Gasteiger charge is 2.19. The minimum Gasteiger partial charge on any atom is -0.435 e. The summed E-state index contributed by atoms with van der Waals surface area (Å²) in [5.41, 5.74) is 13.9. The second kappa shape index (κ2) is 13.6. The molecule has 4 nitrogen and oxygen atoms in total. The molecule has 57 heavy (non-hydrogen) atoms. The van der Waals surface area contributed by atoms with Gasteiger partial charge in [0.15, 0.2) is 5.58 Å². The highest BCUT2D eigenvalue weighted by Crippen LogP contribution is 2.41. The van der Waals surface area contributed by atoms with Crippen molar-refractivity contribution in [2.24, 2.45) is 0 Å². The van der Waals surface area contributed by atoms with Gasteiger partial charge in [0.2, 0.25) is 5.89 Å². The smallest absolute Gasteiger partial charge is 0.227 e. The van der Waals surface area contributed by atoms with E-state index in [2.05, 4.69) is 185 Å². The summed E-state index contributed by atoms with van der Waals surface area (Å²) >= 11 is 0. The molecule has 0 N–H and O–H groups in total. The average molecular weight is 730 g/mol. The quantitative estimate of drug-likeness (QED) is 0.164. The molecule has 11 aromatic rings. The fourth-order valence-corrected chi connectivity index (χ4v) is 8.25. The molecule has 0 bridgehead atoms. The van der Waals surface area contributed by atoms with E-state index >= 15 is 0 Å². The first-order chi connectivity index (χ1) is 28.2. The van der Waals surface area contributed by atoms with Gasteiger partial charge in [-0.25, -0.2) is 4.98 Å². The van der Waals surface area contributed by atoms with Gasteiger partial charge in [-0.3, -0.25) is 0 Å². The zero-order valence-corrected chi connectivity index (χ0v) is 31.0. The zero-order chi connectivity index (χ0) is 37.7. The number of fused-ring (bicyclic) bond motifs is 6. The third-order valence-corrected chi connectivity index (χ3v) is 11.0. The maximum atomic E-state index is 6.42. The number of nitrogens with zero attached hydrogens (tertiary/aromatic N) is 3. The summed E-state index contributed by atoms with van der Waals surface area (Å²) in [6.45, 7) is 0. The molecule has 0 fully saturated rings. The largest absolute Gasteiger partial charge is 0.435 e. The highest BCUT2D eigenvalue weighted by atomic mass is 16.3. The van der Waals surface area contributed by atoms with Crippen LogP contribution >= 0.6 is 0 Å². The molecule has 2 heterocycles. The molecule has 0 amide bonds. The van der Waals surface area contributed by atoms with Crippen LogP contribution in [0.1, 0.15) is 0 Å². The summed E-state index contributed by atoms with van der Waals surface area (Å²) in [6.07, 6.45) is 0. The van der Waals surface area contributed by atoms with Crippen LogP contribution in [-0.4, -0.2) is 9.55 Å². The van der Waals surface area contributed by atoms with Crippen LogP contribution in [0, 0.1) is 0 Å². The van der Waals surface area contributed by atoms with Crippen molar-refractivity contribution in [2.75, 3.05) is 4.90 Å². The number of hydrogen-bond acceptors (Lipinski definition) is 3. The van der Waals surface area contributed by atoms with Gasteiger partial charge < -0.3 is 13.9 Å². The molecule has 0 atom stereocenters. The van der Waals surface area contributed by atoms with Crippen LogP contribution in [0.5, 0.6) is 0 Å². The Morgan fingerprint density at radius 1 is 0.386 bits per heavy atom. The van der Waals surface area contributed by atoms with Crippen LogP contribution in [0.15, 0.2) is 217 Å². The summed E-state index contributed by atoms with van der Waals surface area (Å²) in [6, 6.07) is 75.3. The topological polar surface area (TPSA) is 34.2 Å². The van der Waals surface area contributed by atoms with E-state index < -0.39 is 0 Å². The Morgan fingerprint density at radius 3 is 1.79 bits per heavy atom. The SMILES string of the molecule is c1ccc(-c2cccc(N(c3ccc(-c4ccc5ccc6nc(-c7ccccc7)oc6c5c4)cc3)c3ccc4c5ccccc5n(-c5ccccc5)c4c3)c2)cc1. The monoisotopic (exact) mass is 729 g/mol. The van der Waals surface area contributed by atoms with Gasteiger partial charge in [-0.2, -0.15) is 0 Å². The molecule has 0 aliphatic carbocycles. The Bertz CT molecular complexity index is 3220. The molecular formula is C53H35N3O. The van der Waals surface area contributed by atoms with Crippen molar-refractivity contribution in [2.45, 2.75) is 0 Å². The van der Waals surface area contributed by atoms with Gasteiger partial charge in [0.25, 0.3) is 0 Å².